The van der Waals surface area contributed by atoms with Crippen molar-refractivity contribution in [3.05, 3.63) is 46.7 Å². The zero-order chi connectivity index (χ0) is 15.6. The molecule has 0 atom stereocenters. The number of benzene rings is 1. The van der Waals surface area contributed by atoms with Gasteiger partial charge in [0.1, 0.15) is 5.75 Å². The van der Waals surface area contributed by atoms with Gasteiger partial charge in [-0.25, -0.2) is 0 Å². The summed E-state index contributed by atoms with van der Waals surface area (Å²) in [6, 6.07) is 11.2. The summed E-state index contributed by atoms with van der Waals surface area (Å²) in [6.07, 6.45) is 6.17. The first-order chi connectivity index (χ1) is 10.8. The summed E-state index contributed by atoms with van der Waals surface area (Å²) in [6.45, 7) is 2.97. The van der Waals surface area contributed by atoms with E-state index >= 15 is 0 Å². The van der Waals surface area contributed by atoms with Crippen LogP contribution in [0.2, 0.25) is 0 Å². The van der Waals surface area contributed by atoms with E-state index in [0.717, 1.165) is 24.5 Å². The van der Waals surface area contributed by atoms with Crippen molar-refractivity contribution in [2.75, 3.05) is 11.9 Å². The number of unbranched alkanes of at least 4 members (excludes halogenated alkanes) is 4. The molecule has 0 saturated carbocycles. The van der Waals surface area contributed by atoms with Gasteiger partial charge in [-0.2, -0.15) is 0 Å². The van der Waals surface area contributed by atoms with Crippen molar-refractivity contribution in [1.82, 2.24) is 0 Å². The van der Waals surface area contributed by atoms with Crippen LogP contribution in [-0.2, 0) is 0 Å². The third-order valence-corrected chi connectivity index (χ3v) is 4.24. The quantitative estimate of drug-likeness (QED) is 0.633. The number of hydrogen-bond acceptors (Lipinski definition) is 3. The standard InChI is InChI=1S/C18H23NO2S/c1-2-3-4-5-6-13-21-16-11-9-15(10-12-16)19-18(20)17-8-7-14-22-17/h7-12,14H,2-6,13H2,1H3,(H,19,20). The highest BCUT2D eigenvalue weighted by molar-refractivity contribution is 7.12. The Hall–Kier alpha value is -1.81. The predicted molar refractivity (Wildman–Crippen MR) is 93.0 cm³/mol. The van der Waals surface area contributed by atoms with E-state index in [1.807, 2.05) is 41.8 Å². The molecule has 0 spiro atoms. The number of hydrogen-bond donors (Lipinski definition) is 1. The van der Waals surface area contributed by atoms with Gasteiger partial charge in [-0.1, -0.05) is 38.7 Å². The van der Waals surface area contributed by atoms with Gasteiger partial charge in [-0.3, -0.25) is 4.79 Å². The van der Waals surface area contributed by atoms with Crippen LogP contribution in [0, 0.1) is 0 Å². The third-order valence-electron chi connectivity index (χ3n) is 3.37. The number of anilines is 1. The molecule has 1 aromatic carbocycles. The highest BCUT2D eigenvalue weighted by Gasteiger charge is 2.06. The Bertz CT molecular complexity index is 549. The minimum Gasteiger partial charge on any atom is -0.494 e. The number of amides is 1. The number of rotatable bonds is 9. The number of ether oxygens (including phenoxy) is 1. The first-order valence-corrected chi connectivity index (χ1v) is 8.75. The molecular formula is C18H23NO2S. The lowest BCUT2D eigenvalue weighted by Gasteiger charge is -2.08. The van der Waals surface area contributed by atoms with Crippen LogP contribution in [0.3, 0.4) is 0 Å². The van der Waals surface area contributed by atoms with Crippen molar-refractivity contribution in [1.29, 1.82) is 0 Å². The number of nitrogens with one attached hydrogen (secondary N) is 1. The zero-order valence-corrected chi connectivity index (χ0v) is 13.8. The van der Waals surface area contributed by atoms with Gasteiger partial charge in [0, 0.05) is 5.69 Å². The second kappa shape index (κ2) is 9.26. The molecule has 1 amide bonds. The van der Waals surface area contributed by atoms with Gasteiger partial charge in [0.25, 0.3) is 5.91 Å². The van der Waals surface area contributed by atoms with E-state index in [2.05, 4.69) is 12.2 Å². The third kappa shape index (κ3) is 5.53. The Balaban J connectivity index is 1.72. The van der Waals surface area contributed by atoms with Gasteiger partial charge >= 0.3 is 0 Å². The fraction of sp³-hybridized carbons (Fsp3) is 0.389. The average molecular weight is 317 g/mol. The van der Waals surface area contributed by atoms with Gasteiger partial charge in [0.05, 0.1) is 11.5 Å². The second-order valence-corrected chi connectivity index (χ2v) is 6.17. The lowest BCUT2D eigenvalue weighted by Crippen LogP contribution is -2.09. The van der Waals surface area contributed by atoms with Gasteiger partial charge in [0.2, 0.25) is 0 Å². The molecular weight excluding hydrogens is 294 g/mol. The summed E-state index contributed by atoms with van der Waals surface area (Å²) < 4.78 is 5.71. The summed E-state index contributed by atoms with van der Waals surface area (Å²) in [4.78, 5) is 12.6. The van der Waals surface area contributed by atoms with Crippen molar-refractivity contribution in [2.24, 2.45) is 0 Å². The van der Waals surface area contributed by atoms with Crippen molar-refractivity contribution in [3.63, 3.8) is 0 Å². The molecule has 22 heavy (non-hydrogen) atoms. The molecule has 0 bridgehead atoms. The van der Waals surface area contributed by atoms with Gasteiger partial charge in [-0.15, -0.1) is 11.3 Å². The fourth-order valence-electron chi connectivity index (χ4n) is 2.13. The Kier molecular flexibility index (Phi) is 6.97. The maximum Gasteiger partial charge on any atom is 0.265 e. The summed E-state index contributed by atoms with van der Waals surface area (Å²) in [5.74, 6) is 0.782. The predicted octanol–water partition coefficient (Wildman–Crippen LogP) is 5.35. The molecule has 0 radical (unpaired) electrons. The molecule has 1 N–H and O–H groups in total. The summed E-state index contributed by atoms with van der Waals surface area (Å²) >= 11 is 1.44. The van der Waals surface area contributed by atoms with E-state index < -0.39 is 0 Å². The monoisotopic (exact) mass is 317 g/mol. The molecule has 2 rings (SSSR count). The van der Waals surface area contributed by atoms with Crippen LogP contribution in [0.1, 0.15) is 48.7 Å². The van der Waals surface area contributed by atoms with Crippen molar-refractivity contribution in [2.45, 2.75) is 39.0 Å². The lowest BCUT2D eigenvalue weighted by atomic mass is 10.2. The molecule has 1 aromatic heterocycles. The van der Waals surface area contributed by atoms with Crippen LogP contribution in [-0.4, -0.2) is 12.5 Å². The molecule has 2 aromatic rings. The van der Waals surface area contributed by atoms with E-state index in [0.29, 0.717) is 4.88 Å². The van der Waals surface area contributed by atoms with Crippen LogP contribution in [0.5, 0.6) is 5.75 Å². The van der Waals surface area contributed by atoms with Crippen LogP contribution in [0.15, 0.2) is 41.8 Å². The maximum atomic E-state index is 11.9. The molecule has 0 saturated heterocycles. The summed E-state index contributed by atoms with van der Waals surface area (Å²) in [5.41, 5.74) is 0.786. The highest BCUT2D eigenvalue weighted by Crippen LogP contribution is 2.18. The number of carbonyl (C=O) groups is 1. The molecule has 0 aliphatic heterocycles. The smallest absolute Gasteiger partial charge is 0.265 e. The Morgan fingerprint density at radius 2 is 1.86 bits per heavy atom. The normalized spacial score (nSPS) is 10.4. The molecule has 3 nitrogen and oxygen atoms in total. The largest absolute Gasteiger partial charge is 0.494 e. The van der Waals surface area contributed by atoms with Crippen molar-refractivity contribution in [3.8, 4) is 5.75 Å². The molecule has 0 unspecified atom stereocenters. The summed E-state index contributed by atoms with van der Waals surface area (Å²) in [5, 5.41) is 4.77. The van der Waals surface area contributed by atoms with Gasteiger partial charge in [0.15, 0.2) is 0 Å². The van der Waals surface area contributed by atoms with Crippen LogP contribution in [0.25, 0.3) is 0 Å². The van der Waals surface area contributed by atoms with Crippen LogP contribution >= 0.6 is 11.3 Å². The maximum absolute atomic E-state index is 11.9. The molecule has 0 aliphatic carbocycles. The van der Waals surface area contributed by atoms with Crippen LogP contribution in [0.4, 0.5) is 5.69 Å². The first kappa shape index (κ1) is 16.6. The highest BCUT2D eigenvalue weighted by atomic mass is 32.1. The second-order valence-electron chi connectivity index (χ2n) is 5.22. The van der Waals surface area contributed by atoms with E-state index in [1.54, 1.807) is 0 Å². The number of carbonyl (C=O) groups excluding carboxylic acids is 1. The zero-order valence-electron chi connectivity index (χ0n) is 13.0. The molecule has 0 fully saturated rings. The van der Waals surface area contributed by atoms with Crippen LogP contribution < -0.4 is 10.1 Å². The van der Waals surface area contributed by atoms with Crippen molar-refractivity contribution < 1.29 is 9.53 Å². The van der Waals surface area contributed by atoms with E-state index in [-0.39, 0.29) is 5.91 Å². The van der Waals surface area contributed by atoms with Gasteiger partial charge in [-0.05, 0) is 42.1 Å². The fourth-order valence-corrected chi connectivity index (χ4v) is 2.75. The topological polar surface area (TPSA) is 38.3 Å². The molecule has 4 heteroatoms. The molecule has 1 heterocycles. The first-order valence-electron chi connectivity index (χ1n) is 7.87. The Labute approximate surface area is 136 Å². The number of thiophene rings is 1. The van der Waals surface area contributed by atoms with E-state index in [1.165, 1.54) is 37.0 Å². The Morgan fingerprint density at radius 1 is 1.09 bits per heavy atom. The van der Waals surface area contributed by atoms with E-state index in [9.17, 15) is 4.79 Å². The Morgan fingerprint density at radius 3 is 2.55 bits per heavy atom. The minimum absolute atomic E-state index is 0.0698. The molecule has 0 aliphatic rings. The van der Waals surface area contributed by atoms with Gasteiger partial charge < -0.3 is 10.1 Å². The van der Waals surface area contributed by atoms with E-state index in [4.69, 9.17) is 4.74 Å². The van der Waals surface area contributed by atoms with Crippen molar-refractivity contribution >= 4 is 22.9 Å². The molecule has 118 valence electrons. The SMILES string of the molecule is CCCCCCCOc1ccc(NC(=O)c2cccs2)cc1. The summed E-state index contributed by atoms with van der Waals surface area (Å²) in [7, 11) is 0. The average Bonchev–Trinajstić information content (AvgIpc) is 3.07. The minimum atomic E-state index is -0.0698. The lowest BCUT2D eigenvalue weighted by molar-refractivity contribution is 0.103.